The molecule has 2 aromatic heterocycles. The van der Waals surface area contributed by atoms with Gasteiger partial charge in [0.05, 0.1) is 0 Å². The van der Waals surface area contributed by atoms with Crippen molar-refractivity contribution >= 4 is 75.8 Å². The van der Waals surface area contributed by atoms with Gasteiger partial charge in [0.2, 0.25) is 0 Å². The van der Waals surface area contributed by atoms with Crippen LogP contribution in [0.4, 0.5) is 0 Å². The van der Waals surface area contributed by atoms with E-state index in [4.69, 9.17) is 19.4 Å². The zero-order valence-electron chi connectivity index (χ0n) is 27.3. The predicted octanol–water partition coefficient (Wildman–Crippen LogP) is 12.5. The van der Waals surface area contributed by atoms with Gasteiger partial charge in [0, 0.05) is 32.8 Å². The van der Waals surface area contributed by atoms with Crippen molar-refractivity contribution in [3.8, 4) is 34.2 Å². The summed E-state index contributed by atoms with van der Waals surface area (Å²) in [7, 11) is 0. The number of para-hydroxylation sites is 1. The standard InChI is InChI=1S/C47H27N3O/c1-3-17-30-28(13-1)15-11-24-36(30)45-48-46(37-25-12-16-29-14-2-4-18-31(29)37)50-47(49-45)44-42-35-22-8-7-20-33(35)32-19-5-6-21-34(32)39(42)27-41-43(44)38-23-9-10-26-40(38)51-41/h1-27H. The Morgan fingerprint density at radius 2 is 0.765 bits per heavy atom. The first-order valence-corrected chi connectivity index (χ1v) is 17.2. The Labute approximate surface area is 292 Å². The predicted molar refractivity (Wildman–Crippen MR) is 211 cm³/mol. The quantitative estimate of drug-likeness (QED) is 0.179. The largest absolute Gasteiger partial charge is 0.456 e. The molecule has 51 heavy (non-hydrogen) atoms. The molecule has 9 aromatic carbocycles. The number of benzene rings is 9. The molecule has 0 N–H and O–H groups in total. The van der Waals surface area contributed by atoms with E-state index in [1.54, 1.807) is 0 Å². The van der Waals surface area contributed by atoms with Gasteiger partial charge in [0.25, 0.3) is 0 Å². The molecule has 0 atom stereocenters. The van der Waals surface area contributed by atoms with Gasteiger partial charge < -0.3 is 4.42 Å². The summed E-state index contributed by atoms with van der Waals surface area (Å²) in [6.07, 6.45) is 0. The molecule has 0 aliphatic rings. The Morgan fingerprint density at radius 1 is 0.314 bits per heavy atom. The molecule has 236 valence electrons. The molecular formula is C47H27N3O. The Bertz CT molecular complexity index is 3110. The molecule has 4 nitrogen and oxygen atoms in total. The number of fused-ring (bicyclic) bond motifs is 11. The SMILES string of the molecule is c1ccc2c(-c3nc(-c4cccc5ccccc45)nc(-c4c5c(cc6c7ccccc7c7ccccc7c46)oc4ccccc45)n3)cccc2c1. The zero-order valence-corrected chi connectivity index (χ0v) is 27.3. The lowest BCUT2D eigenvalue weighted by atomic mass is 9.89. The van der Waals surface area contributed by atoms with Crippen molar-refractivity contribution < 1.29 is 4.42 Å². The first-order valence-electron chi connectivity index (χ1n) is 17.2. The number of hydrogen-bond donors (Lipinski definition) is 0. The Kier molecular flexibility index (Phi) is 5.92. The summed E-state index contributed by atoms with van der Waals surface area (Å²) < 4.78 is 6.66. The summed E-state index contributed by atoms with van der Waals surface area (Å²) in [4.78, 5) is 16.2. The van der Waals surface area contributed by atoms with Gasteiger partial charge in [-0.2, -0.15) is 0 Å². The van der Waals surface area contributed by atoms with E-state index in [0.717, 1.165) is 81.7 Å². The molecule has 0 saturated heterocycles. The lowest BCUT2D eigenvalue weighted by Gasteiger charge is -2.16. The van der Waals surface area contributed by atoms with E-state index in [1.165, 1.54) is 10.8 Å². The molecule has 11 aromatic rings. The Hall–Kier alpha value is -6.91. The van der Waals surface area contributed by atoms with Crippen molar-refractivity contribution in [2.75, 3.05) is 0 Å². The van der Waals surface area contributed by atoms with Gasteiger partial charge in [-0.25, -0.2) is 15.0 Å². The van der Waals surface area contributed by atoms with Crippen LogP contribution in [-0.2, 0) is 0 Å². The summed E-state index contributed by atoms with van der Waals surface area (Å²) in [5.74, 6) is 1.86. The first-order chi connectivity index (χ1) is 25.3. The topological polar surface area (TPSA) is 51.8 Å². The van der Waals surface area contributed by atoms with Gasteiger partial charge in [-0.05, 0) is 60.6 Å². The van der Waals surface area contributed by atoms with E-state index in [2.05, 4.69) is 152 Å². The number of nitrogens with zero attached hydrogens (tertiary/aromatic N) is 3. The lowest BCUT2D eigenvalue weighted by molar-refractivity contribution is 0.669. The molecule has 0 bridgehead atoms. The fourth-order valence-electron chi connectivity index (χ4n) is 8.06. The molecule has 0 radical (unpaired) electrons. The molecule has 0 saturated carbocycles. The highest BCUT2D eigenvalue weighted by molar-refractivity contribution is 6.33. The van der Waals surface area contributed by atoms with E-state index < -0.39 is 0 Å². The van der Waals surface area contributed by atoms with Crippen LogP contribution in [0.3, 0.4) is 0 Å². The smallest absolute Gasteiger partial charge is 0.165 e. The number of aromatic nitrogens is 3. The van der Waals surface area contributed by atoms with Crippen LogP contribution in [0.5, 0.6) is 0 Å². The highest BCUT2D eigenvalue weighted by Gasteiger charge is 2.24. The van der Waals surface area contributed by atoms with Crippen LogP contribution < -0.4 is 0 Å². The maximum Gasteiger partial charge on any atom is 0.165 e. The zero-order chi connectivity index (χ0) is 33.5. The Balaban J connectivity index is 1.37. The highest BCUT2D eigenvalue weighted by atomic mass is 16.3. The summed E-state index contributed by atoms with van der Waals surface area (Å²) >= 11 is 0. The minimum Gasteiger partial charge on any atom is -0.456 e. The number of rotatable bonds is 3. The van der Waals surface area contributed by atoms with Crippen LogP contribution in [0, 0.1) is 0 Å². The summed E-state index contributed by atoms with van der Waals surface area (Å²) in [5.41, 5.74) is 4.50. The van der Waals surface area contributed by atoms with Crippen LogP contribution in [-0.4, -0.2) is 15.0 Å². The van der Waals surface area contributed by atoms with Gasteiger partial charge in [0.15, 0.2) is 17.5 Å². The van der Waals surface area contributed by atoms with E-state index in [9.17, 15) is 0 Å². The maximum atomic E-state index is 6.66. The van der Waals surface area contributed by atoms with Crippen molar-refractivity contribution in [1.82, 2.24) is 15.0 Å². The second kappa shape index (κ2) is 10.8. The lowest BCUT2D eigenvalue weighted by Crippen LogP contribution is -2.02. The molecule has 0 unspecified atom stereocenters. The van der Waals surface area contributed by atoms with Crippen LogP contribution in [0.15, 0.2) is 168 Å². The van der Waals surface area contributed by atoms with Crippen LogP contribution in [0.25, 0.3) is 110 Å². The molecule has 11 rings (SSSR count). The minimum absolute atomic E-state index is 0.610. The van der Waals surface area contributed by atoms with E-state index in [1.807, 2.05) is 12.1 Å². The third-order valence-corrected chi connectivity index (χ3v) is 10.3. The van der Waals surface area contributed by atoms with Gasteiger partial charge in [-0.1, -0.05) is 152 Å². The second-order valence-electron chi connectivity index (χ2n) is 13.1. The van der Waals surface area contributed by atoms with Gasteiger partial charge in [0.1, 0.15) is 11.2 Å². The molecular weight excluding hydrogens is 623 g/mol. The van der Waals surface area contributed by atoms with E-state index >= 15 is 0 Å². The molecule has 0 aliphatic heterocycles. The summed E-state index contributed by atoms with van der Waals surface area (Å²) in [6, 6.07) is 57.3. The Morgan fingerprint density at radius 3 is 1.39 bits per heavy atom. The van der Waals surface area contributed by atoms with Gasteiger partial charge in [-0.15, -0.1) is 0 Å². The number of furan rings is 1. The minimum atomic E-state index is 0.610. The monoisotopic (exact) mass is 649 g/mol. The number of hydrogen-bond acceptors (Lipinski definition) is 4. The van der Waals surface area contributed by atoms with E-state index in [0.29, 0.717) is 17.5 Å². The van der Waals surface area contributed by atoms with E-state index in [-0.39, 0.29) is 0 Å². The van der Waals surface area contributed by atoms with Crippen LogP contribution >= 0.6 is 0 Å². The molecule has 0 spiro atoms. The molecule has 0 fully saturated rings. The average molecular weight is 650 g/mol. The fourth-order valence-corrected chi connectivity index (χ4v) is 8.06. The van der Waals surface area contributed by atoms with Gasteiger partial charge >= 0.3 is 0 Å². The molecule has 2 heterocycles. The van der Waals surface area contributed by atoms with Crippen molar-refractivity contribution in [3.05, 3.63) is 164 Å². The summed E-state index contributed by atoms with van der Waals surface area (Å²) in [6.45, 7) is 0. The third kappa shape index (κ3) is 4.17. The van der Waals surface area contributed by atoms with Crippen LogP contribution in [0.1, 0.15) is 0 Å². The van der Waals surface area contributed by atoms with Crippen molar-refractivity contribution in [3.63, 3.8) is 0 Å². The second-order valence-corrected chi connectivity index (χ2v) is 13.1. The molecule has 0 aliphatic carbocycles. The van der Waals surface area contributed by atoms with Gasteiger partial charge in [-0.3, -0.25) is 0 Å². The van der Waals surface area contributed by atoms with Crippen molar-refractivity contribution in [2.45, 2.75) is 0 Å². The van der Waals surface area contributed by atoms with Crippen molar-refractivity contribution in [2.24, 2.45) is 0 Å². The third-order valence-electron chi connectivity index (χ3n) is 10.3. The first kappa shape index (κ1) is 28.0. The molecule has 0 amide bonds. The fraction of sp³-hybridized carbons (Fsp3) is 0. The normalized spacial score (nSPS) is 11.9. The van der Waals surface area contributed by atoms with Crippen LogP contribution in [0.2, 0.25) is 0 Å². The summed E-state index contributed by atoms with van der Waals surface area (Å²) in [5, 5.41) is 13.4. The van der Waals surface area contributed by atoms with Crippen molar-refractivity contribution in [1.29, 1.82) is 0 Å². The highest BCUT2D eigenvalue weighted by Crippen LogP contribution is 2.47. The average Bonchev–Trinajstić information content (AvgIpc) is 3.58. The maximum absolute atomic E-state index is 6.66. The molecule has 4 heteroatoms.